The van der Waals surface area contributed by atoms with Crippen molar-refractivity contribution in [2.45, 2.75) is 6.92 Å². The molecule has 0 radical (unpaired) electrons. The molecule has 4 N–H and O–H groups in total. The molecule has 2 aromatic carbocycles. The first-order valence-electron chi connectivity index (χ1n) is 6.36. The van der Waals surface area contributed by atoms with E-state index < -0.39 is 0 Å². The standard InChI is InChI=1S/C15H13ClN4O/c1-8-18-13-5-3-10(7-14(13)19-8)20-15(21)11-4-2-9(16)6-12(11)17/h2-7H,17H2,1H3,(H,18,19)(H,20,21). The zero-order chi connectivity index (χ0) is 15.0. The number of halogens is 1. The number of nitrogen functional groups attached to an aromatic ring is 1. The average Bonchev–Trinajstić information content (AvgIpc) is 2.77. The number of aryl methyl sites for hydroxylation is 1. The van der Waals surface area contributed by atoms with E-state index in [4.69, 9.17) is 17.3 Å². The number of carbonyl (C=O) groups excluding carboxylic acids is 1. The summed E-state index contributed by atoms with van der Waals surface area (Å²) in [6, 6.07) is 10.3. The van der Waals surface area contributed by atoms with Crippen LogP contribution in [0.4, 0.5) is 11.4 Å². The Hall–Kier alpha value is -2.53. The second-order valence-electron chi connectivity index (χ2n) is 4.74. The minimum Gasteiger partial charge on any atom is -0.398 e. The number of benzene rings is 2. The molecule has 0 unspecified atom stereocenters. The first kappa shape index (κ1) is 13.5. The van der Waals surface area contributed by atoms with Gasteiger partial charge in [0.2, 0.25) is 0 Å². The summed E-state index contributed by atoms with van der Waals surface area (Å²) in [7, 11) is 0. The van der Waals surface area contributed by atoms with Crippen molar-refractivity contribution in [3.63, 3.8) is 0 Å². The van der Waals surface area contributed by atoms with E-state index in [1.807, 2.05) is 19.1 Å². The van der Waals surface area contributed by atoms with Gasteiger partial charge >= 0.3 is 0 Å². The number of imidazole rings is 1. The summed E-state index contributed by atoms with van der Waals surface area (Å²) >= 11 is 5.83. The lowest BCUT2D eigenvalue weighted by molar-refractivity contribution is 0.102. The number of nitrogens with zero attached hydrogens (tertiary/aromatic N) is 1. The highest BCUT2D eigenvalue weighted by molar-refractivity contribution is 6.31. The second kappa shape index (κ2) is 5.10. The molecule has 1 amide bonds. The molecule has 106 valence electrons. The van der Waals surface area contributed by atoms with E-state index in [1.54, 1.807) is 24.3 Å². The molecule has 6 heteroatoms. The van der Waals surface area contributed by atoms with E-state index in [0.29, 0.717) is 22.0 Å². The van der Waals surface area contributed by atoms with Crippen molar-refractivity contribution in [3.05, 3.63) is 52.8 Å². The smallest absolute Gasteiger partial charge is 0.257 e. The Kier molecular flexibility index (Phi) is 3.27. The van der Waals surface area contributed by atoms with Gasteiger partial charge in [0, 0.05) is 16.4 Å². The van der Waals surface area contributed by atoms with Gasteiger partial charge in [-0.05, 0) is 43.3 Å². The minimum atomic E-state index is -0.278. The van der Waals surface area contributed by atoms with Crippen molar-refractivity contribution in [1.29, 1.82) is 0 Å². The molecular formula is C15H13ClN4O. The van der Waals surface area contributed by atoms with E-state index in [9.17, 15) is 4.79 Å². The Labute approximate surface area is 126 Å². The van der Waals surface area contributed by atoms with Crippen molar-refractivity contribution >= 4 is 39.9 Å². The van der Waals surface area contributed by atoms with Crippen LogP contribution in [0.25, 0.3) is 11.0 Å². The van der Waals surface area contributed by atoms with Crippen LogP contribution in [0.3, 0.4) is 0 Å². The van der Waals surface area contributed by atoms with Gasteiger partial charge in [-0.3, -0.25) is 4.79 Å². The molecule has 1 aromatic heterocycles. The van der Waals surface area contributed by atoms with Gasteiger partial charge in [0.05, 0.1) is 16.6 Å². The first-order chi connectivity index (χ1) is 10.0. The van der Waals surface area contributed by atoms with E-state index >= 15 is 0 Å². The average molecular weight is 301 g/mol. The van der Waals surface area contributed by atoms with Gasteiger partial charge in [-0.25, -0.2) is 4.98 Å². The van der Waals surface area contributed by atoms with Gasteiger partial charge in [-0.2, -0.15) is 0 Å². The van der Waals surface area contributed by atoms with Crippen LogP contribution < -0.4 is 11.1 Å². The molecule has 3 aromatic rings. The number of carbonyl (C=O) groups is 1. The van der Waals surface area contributed by atoms with Gasteiger partial charge in [-0.15, -0.1) is 0 Å². The third kappa shape index (κ3) is 2.68. The number of nitrogens with one attached hydrogen (secondary N) is 2. The van der Waals surface area contributed by atoms with Crippen molar-refractivity contribution in [3.8, 4) is 0 Å². The van der Waals surface area contributed by atoms with Gasteiger partial charge < -0.3 is 16.0 Å². The van der Waals surface area contributed by atoms with Crippen LogP contribution in [-0.4, -0.2) is 15.9 Å². The van der Waals surface area contributed by atoms with E-state index in [-0.39, 0.29) is 5.91 Å². The van der Waals surface area contributed by atoms with E-state index in [1.165, 1.54) is 0 Å². The Balaban J connectivity index is 1.88. The number of aromatic nitrogens is 2. The van der Waals surface area contributed by atoms with Crippen molar-refractivity contribution < 1.29 is 4.79 Å². The quantitative estimate of drug-likeness (QED) is 0.634. The third-order valence-corrected chi connectivity index (χ3v) is 3.35. The molecule has 0 fully saturated rings. The minimum absolute atomic E-state index is 0.278. The Morgan fingerprint density at radius 2 is 2.10 bits per heavy atom. The molecule has 1 heterocycles. The molecular weight excluding hydrogens is 288 g/mol. The summed E-state index contributed by atoms with van der Waals surface area (Å²) in [5.41, 5.74) is 8.94. The summed E-state index contributed by atoms with van der Waals surface area (Å²) < 4.78 is 0. The van der Waals surface area contributed by atoms with Crippen molar-refractivity contribution in [2.24, 2.45) is 0 Å². The Morgan fingerprint density at radius 3 is 2.86 bits per heavy atom. The van der Waals surface area contributed by atoms with Crippen LogP contribution in [0.1, 0.15) is 16.2 Å². The maximum atomic E-state index is 12.2. The van der Waals surface area contributed by atoms with Crippen LogP contribution in [0.2, 0.25) is 5.02 Å². The third-order valence-electron chi connectivity index (χ3n) is 3.12. The highest BCUT2D eigenvalue weighted by atomic mass is 35.5. The summed E-state index contributed by atoms with van der Waals surface area (Å²) in [6.07, 6.45) is 0. The van der Waals surface area contributed by atoms with Crippen LogP contribution >= 0.6 is 11.6 Å². The number of fused-ring (bicyclic) bond motifs is 1. The molecule has 0 aliphatic carbocycles. The van der Waals surface area contributed by atoms with Crippen LogP contribution in [0, 0.1) is 6.92 Å². The zero-order valence-electron chi connectivity index (χ0n) is 11.3. The molecule has 0 atom stereocenters. The van der Waals surface area contributed by atoms with E-state index in [0.717, 1.165) is 16.9 Å². The number of hydrogen-bond acceptors (Lipinski definition) is 3. The normalized spacial score (nSPS) is 10.8. The van der Waals surface area contributed by atoms with Crippen molar-refractivity contribution in [1.82, 2.24) is 9.97 Å². The summed E-state index contributed by atoms with van der Waals surface area (Å²) in [6.45, 7) is 1.88. The number of hydrogen-bond donors (Lipinski definition) is 3. The number of H-pyrrole nitrogens is 1. The fraction of sp³-hybridized carbons (Fsp3) is 0.0667. The number of anilines is 2. The fourth-order valence-corrected chi connectivity index (χ4v) is 2.33. The number of rotatable bonds is 2. The van der Waals surface area contributed by atoms with Gasteiger partial charge in [0.15, 0.2) is 0 Å². The molecule has 5 nitrogen and oxygen atoms in total. The number of nitrogens with two attached hydrogens (primary N) is 1. The first-order valence-corrected chi connectivity index (χ1v) is 6.73. The zero-order valence-corrected chi connectivity index (χ0v) is 12.0. The predicted octanol–water partition coefficient (Wildman–Crippen LogP) is 3.36. The van der Waals surface area contributed by atoms with Crippen molar-refractivity contribution in [2.75, 3.05) is 11.1 Å². The Bertz CT molecular complexity index is 841. The van der Waals surface area contributed by atoms with Gasteiger partial charge in [0.25, 0.3) is 5.91 Å². The number of aromatic amines is 1. The SMILES string of the molecule is Cc1nc2ccc(NC(=O)c3ccc(Cl)cc3N)cc2[nH]1. The monoisotopic (exact) mass is 300 g/mol. The lowest BCUT2D eigenvalue weighted by atomic mass is 10.1. The second-order valence-corrected chi connectivity index (χ2v) is 5.18. The maximum absolute atomic E-state index is 12.2. The fourth-order valence-electron chi connectivity index (χ4n) is 2.15. The largest absolute Gasteiger partial charge is 0.398 e. The molecule has 21 heavy (non-hydrogen) atoms. The van der Waals surface area contributed by atoms with Crippen LogP contribution in [0.5, 0.6) is 0 Å². The highest BCUT2D eigenvalue weighted by Gasteiger charge is 2.11. The lowest BCUT2D eigenvalue weighted by Gasteiger charge is -2.08. The molecule has 0 aliphatic rings. The van der Waals surface area contributed by atoms with Crippen LogP contribution in [0.15, 0.2) is 36.4 Å². The molecule has 0 aliphatic heterocycles. The Morgan fingerprint density at radius 1 is 1.29 bits per heavy atom. The number of amides is 1. The summed E-state index contributed by atoms with van der Waals surface area (Å²) in [5, 5.41) is 3.31. The van der Waals surface area contributed by atoms with Gasteiger partial charge in [-0.1, -0.05) is 11.6 Å². The maximum Gasteiger partial charge on any atom is 0.257 e. The summed E-state index contributed by atoms with van der Waals surface area (Å²) in [5.74, 6) is 0.551. The molecule has 0 spiro atoms. The lowest BCUT2D eigenvalue weighted by Crippen LogP contribution is -2.13. The van der Waals surface area contributed by atoms with Gasteiger partial charge in [0.1, 0.15) is 5.82 Å². The molecule has 0 bridgehead atoms. The molecule has 0 saturated carbocycles. The van der Waals surface area contributed by atoms with E-state index in [2.05, 4.69) is 15.3 Å². The highest BCUT2D eigenvalue weighted by Crippen LogP contribution is 2.21. The molecule has 0 saturated heterocycles. The predicted molar refractivity (Wildman–Crippen MR) is 84.6 cm³/mol. The van der Waals surface area contributed by atoms with Crippen LogP contribution in [-0.2, 0) is 0 Å². The topological polar surface area (TPSA) is 83.8 Å². The molecule has 3 rings (SSSR count). The summed E-state index contributed by atoms with van der Waals surface area (Å²) in [4.78, 5) is 19.7.